The molecule has 2 unspecified atom stereocenters. The normalized spacial score (nSPS) is 22.4. The third kappa shape index (κ3) is 8.38. The van der Waals surface area contributed by atoms with Crippen molar-refractivity contribution < 1.29 is 24.0 Å². The average molecular weight is 480 g/mol. The minimum absolute atomic E-state index is 0.0357. The summed E-state index contributed by atoms with van der Waals surface area (Å²) in [7, 11) is 0. The van der Waals surface area contributed by atoms with Crippen LogP contribution >= 0.6 is 0 Å². The topological polar surface area (TPSA) is 126 Å². The monoisotopic (exact) mass is 479 g/mol. The average Bonchev–Trinajstić information content (AvgIpc) is 2.79. The highest BCUT2D eigenvalue weighted by molar-refractivity contribution is 5.94. The Labute approximate surface area is 202 Å². The highest BCUT2D eigenvalue weighted by Gasteiger charge is 2.28. The van der Waals surface area contributed by atoms with Crippen LogP contribution in [0.2, 0.25) is 0 Å². The van der Waals surface area contributed by atoms with Gasteiger partial charge in [0.25, 0.3) is 11.8 Å². The number of amides is 3. The molecule has 2 heterocycles. The predicted molar refractivity (Wildman–Crippen MR) is 128 cm³/mol. The van der Waals surface area contributed by atoms with Gasteiger partial charge >= 0.3 is 5.97 Å². The van der Waals surface area contributed by atoms with Gasteiger partial charge in [-0.15, -0.1) is 5.06 Å². The van der Waals surface area contributed by atoms with Gasteiger partial charge in [-0.05, 0) is 45.4 Å². The summed E-state index contributed by atoms with van der Waals surface area (Å²) in [6, 6.07) is 0.991. The van der Waals surface area contributed by atoms with Crippen LogP contribution in [0.25, 0.3) is 0 Å². The van der Waals surface area contributed by atoms with Gasteiger partial charge in [-0.3, -0.25) is 24.3 Å². The van der Waals surface area contributed by atoms with Crippen LogP contribution in [-0.2, 0) is 24.0 Å². The molecular formula is C24H41N5O5. The van der Waals surface area contributed by atoms with Gasteiger partial charge < -0.3 is 15.5 Å². The molecule has 2 atom stereocenters. The first kappa shape index (κ1) is 27.8. The van der Waals surface area contributed by atoms with Gasteiger partial charge in [0.15, 0.2) is 0 Å². The van der Waals surface area contributed by atoms with Crippen LogP contribution in [0.3, 0.4) is 0 Å². The zero-order valence-corrected chi connectivity index (χ0v) is 21.1. The summed E-state index contributed by atoms with van der Waals surface area (Å²) in [5.41, 5.74) is 6.13. The maximum Gasteiger partial charge on any atom is 0.333 e. The molecule has 10 heteroatoms. The number of amidine groups is 1. The highest BCUT2D eigenvalue weighted by atomic mass is 16.7. The molecular weight excluding hydrogens is 438 g/mol. The van der Waals surface area contributed by atoms with Crippen molar-refractivity contribution in [2.45, 2.75) is 91.1 Å². The van der Waals surface area contributed by atoms with E-state index in [1.54, 1.807) is 11.8 Å². The third-order valence-electron chi connectivity index (χ3n) is 6.79. The maximum absolute atomic E-state index is 12.6. The minimum atomic E-state index is -0.621. The summed E-state index contributed by atoms with van der Waals surface area (Å²) in [4.78, 5) is 61.5. The number of rotatable bonds is 8. The zero-order chi connectivity index (χ0) is 25.3. The van der Waals surface area contributed by atoms with Crippen LogP contribution in [0.15, 0.2) is 4.99 Å². The molecule has 192 valence electrons. The van der Waals surface area contributed by atoms with Crippen molar-refractivity contribution in [1.82, 2.24) is 14.9 Å². The van der Waals surface area contributed by atoms with Crippen molar-refractivity contribution >= 4 is 29.5 Å². The van der Waals surface area contributed by atoms with Crippen LogP contribution < -0.4 is 5.73 Å². The summed E-state index contributed by atoms with van der Waals surface area (Å²) in [6.45, 7) is 9.35. The van der Waals surface area contributed by atoms with E-state index in [1.807, 2.05) is 0 Å². The molecule has 3 amide bonds. The van der Waals surface area contributed by atoms with Crippen LogP contribution in [0.4, 0.5) is 0 Å². The van der Waals surface area contributed by atoms with Crippen molar-refractivity contribution in [3.8, 4) is 0 Å². The quantitative estimate of drug-likeness (QED) is 0.320. The Morgan fingerprint density at radius 1 is 1.06 bits per heavy atom. The minimum Gasteiger partial charge on any atom is -0.386 e. The van der Waals surface area contributed by atoms with Crippen molar-refractivity contribution in [3.63, 3.8) is 0 Å². The molecule has 2 N–H and O–H groups in total. The van der Waals surface area contributed by atoms with Crippen molar-refractivity contribution in [1.29, 1.82) is 0 Å². The van der Waals surface area contributed by atoms with E-state index in [2.05, 4.69) is 23.7 Å². The Morgan fingerprint density at radius 3 is 2.24 bits per heavy atom. The van der Waals surface area contributed by atoms with E-state index in [0.29, 0.717) is 68.4 Å². The van der Waals surface area contributed by atoms with Gasteiger partial charge in [0.05, 0.1) is 13.0 Å². The SMILES string of the molecule is CCC(=O)N(OC(=O)CC1CCN(C(=O)CCN=C(N)CN2C(C)CCCC2C)CC1)C(C)=O. The third-order valence-corrected chi connectivity index (χ3v) is 6.79. The molecule has 0 saturated carbocycles. The Hall–Kier alpha value is -2.49. The summed E-state index contributed by atoms with van der Waals surface area (Å²) >= 11 is 0. The number of hydrogen-bond acceptors (Lipinski definition) is 7. The number of likely N-dealkylation sites (tertiary alicyclic amines) is 2. The molecule has 0 aromatic rings. The summed E-state index contributed by atoms with van der Waals surface area (Å²) in [5.74, 6) is -1.12. The second-order valence-corrected chi connectivity index (χ2v) is 9.48. The number of aliphatic imine (C=N–C) groups is 1. The lowest BCUT2D eigenvalue weighted by molar-refractivity contribution is -0.202. The number of hydrogen-bond donors (Lipinski definition) is 1. The van der Waals surface area contributed by atoms with Crippen molar-refractivity contribution in [3.05, 3.63) is 0 Å². The molecule has 0 aromatic heterocycles. The first-order chi connectivity index (χ1) is 16.1. The molecule has 2 aliphatic heterocycles. The molecule has 2 saturated heterocycles. The van der Waals surface area contributed by atoms with Gasteiger partial charge in [-0.2, -0.15) is 0 Å². The molecule has 0 aromatic carbocycles. The summed E-state index contributed by atoms with van der Waals surface area (Å²) in [5, 5.41) is 0.528. The number of carbonyl (C=O) groups is 4. The zero-order valence-electron chi connectivity index (χ0n) is 21.1. The highest BCUT2D eigenvalue weighted by Crippen LogP contribution is 2.23. The van der Waals surface area contributed by atoms with Crippen LogP contribution in [-0.4, -0.2) is 82.7 Å². The van der Waals surface area contributed by atoms with Crippen LogP contribution in [0, 0.1) is 5.92 Å². The lowest BCUT2D eigenvalue weighted by Crippen LogP contribution is -2.47. The van der Waals surface area contributed by atoms with E-state index in [4.69, 9.17) is 10.6 Å². The maximum atomic E-state index is 12.6. The number of hydroxylamine groups is 2. The van der Waals surface area contributed by atoms with Crippen LogP contribution in [0.1, 0.15) is 79.1 Å². The summed E-state index contributed by atoms with van der Waals surface area (Å²) in [6.07, 6.45) is 5.42. The molecule has 0 aliphatic carbocycles. The second kappa shape index (κ2) is 13.4. The van der Waals surface area contributed by atoms with Crippen molar-refractivity contribution in [2.24, 2.45) is 16.6 Å². The number of carbonyl (C=O) groups excluding carboxylic acids is 4. The Balaban J connectivity index is 1.71. The number of nitrogens with zero attached hydrogens (tertiary/aromatic N) is 4. The standard InChI is InChI=1S/C24H41N5O5/c1-5-22(31)29(19(4)30)34-24(33)15-20-10-13-27(14-11-20)23(32)9-12-26-21(25)16-28-17(2)7-6-8-18(28)3/h17-18,20H,5-16H2,1-4H3,(H2,25,26). The van der Waals surface area contributed by atoms with E-state index in [0.717, 1.165) is 0 Å². The number of piperidine rings is 2. The molecule has 0 spiro atoms. The Morgan fingerprint density at radius 2 is 1.68 bits per heavy atom. The molecule has 0 radical (unpaired) electrons. The van der Waals surface area contributed by atoms with E-state index in [1.165, 1.54) is 26.2 Å². The summed E-state index contributed by atoms with van der Waals surface area (Å²) < 4.78 is 0. The molecule has 34 heavy (non-hydrogen) atoms. The molecule has 2 rings (SSSR count). The first-order valence-corrected chi connectivity index (χ1v) is 12.5. The fourth-order valence-corrected chi connectivity index (χ4v) is 4.67. The fourth-order valence-electron chi connectivity index (χ4n) is 4.67. The Kier molecular flexibility index (Phi) is 10.9. The first-order valence-electron chi connectivity index (χ1n) is 12.5. The molecule has 2 aliphatic rings. The molecule has 0 bridgehead atoms. The molecule has 2 fully saturated rings. The van der Waals surface area contributed by atoms with E-state index in [-0.39, 0.29) is 24.7 Å². The fraction of sp³-hybridized carbons (Fsp3) is 0.792. The van der Waals surface area contributed by atoms with E-state index in [9.17, 15) is 19.2 Å². The lowest BCUT2D eigenvalue weighted by atomic mass is 9.93. The van der Waals surface area contributed by atoms with Gasteiger partial charge in [-0.25, -0.2) is 4.79 Å². The van der Waals surface area contributed by atoms with Crippen molar-refractivity contribution in [2.75, 3.05) is 26.2 Å². The van der Waals surface area contributed by atoms with E-state index >= 15 is 0 Å². The largest absolute Gasteiger partial charge is 0.386 e. The predicted octanol–water partition coefficient (Wildman–Crippen LogP) is 1.87. The smallest absolute Gasteiger partial charge is 0.333 e. The van der Waals surface area contributed by atoms with Gasteiger partial charge in [-0.1, -0.05) is 13.3 Å². The molecule has 10 nitrogen and oxygen atoms in total. The Bertz CT molecular complexity index is 753. The second-order valence-electron chi connectivity index (χ2n) is 9.48. The lowest BCUT2D eigenvalue weighted by Gasteiger charge is -2.38. The van der Waals surface area contributed by atoms with Gasteiger partial charge in [0, 0.05) is 51.5 Å². The number of imide groups is 1. The number of nitrogens with two attached hydrogens (primary N) is 1. The van der Waals surface area contributed by atoms with E-state index < -0.39 is 17.8 Å². The van der Waals surface area contributed by atoms with Crippen LogP contribution in [0.5, 0.6) is 0 Å². The van der Waals surface area contributed by atoms with Gasteiger partial charge in [0.2, 0.25) is 5.91 Å². The van der Waals surface area contributed by atoms with Gasteiger partial charge in [0.1, 0.15) is 5.84 Å².